The Morgan fingerprint density at radius 3 is 2.76 bits per heavy atom. The molecule has 0 radical (unpaired) electrons. The maximum Gasteiger partial charge on any atom is 0.240 e. The van der Waals surface area contributed by atoms with Crippen LogP contribution in [-0.4, -0.2) is 39.3 Å². The van der Waals surface area contributed by atoms with E-state index in [0.29, 0.717) is 36.8 Å². The van der Waals surface area contributed by atoms with Crippen LogP contribution < -0.4 is 0 Å². The van der Waals surface area contributed by atoms with E-state index in [-0.39, 0.29) is 18.5 Å². The van der Waals surface area contributed by atoms with Gasteiger partial charge in [-0.3, -0.25) is 4.90 Å². The first-order chi connectivity index (χ1) is 10.1. The maximum absolute atomic E-state index is 13.6. The first kappa shape index (κ1) is 15.6. The van der Waals surface area contributed by atoms with E-state index in [1.807, 2.05) is 18.7 Å². The molecule has 0 aliphatic rings. The molecule has 0 saturated heterocycles. The Morgan fingerprint density at radius 1 is 1.33 bits per heavy atom. The van der Waals surface area contributed by atoms with Gasteiger partial charge in [0.05, 0.1) is 13.2 Å². The summed E-state index contributed by atoms with van der Waals surface area (Å²) in [5.41, 5.74) is 0.543. The van der Waals surface area contributed by atoms with Crippen LogP contribution in [0.5, 0.6) is 0 Å². The SMILES string of the molecule is CC(C)N(CCO)Cc1nc(Cc2ccccc2F)no1. The lowest BCUT2D eigenvalue weighted by atomic mass is 10.1. The highest BCUT2D eigenvalue weighted by molar-refractivity contribution is 5.20. The molecule has 1 heterocycles. The lowest BCUT2D eigenvalue weighted by Crippen LogP contribution is -2.33. The highest BCUT2D eigenvalue weighted by Crippen LogP contribution is 2.12. The predicted molar refractivity (Wildman–Crippen MR) is 76.1 cm³/mol. The van der Waals surface area contributed by atoms with Crippen LogP contribution in [0.3, 0.4) is 0 Å². The average Bonchev–Trinajstić information content (AvgIpc) is 2.88. The molecule has 0 saturated carbocycles. The zero-order valence-electron chi connectivity index (χ0n) is 12.3. The monoisotopic (exact) mass is 293 g/mol. The molecule has 0 unspecified atom stereocenters. The standard InChI is InChI=1S/C15H20FN3O2/c1-11(2)19(7-8-20)10-15-17-14(18-21-15)9-12-5-3-4-6-13(12)16/h3-6,11,20H,7-10H2,1-2H3. The molecule has 0 fully saturated rings. The van der Waals surface area contributed by atoms with Crippen molar-refractivity contribution in [3.05, 3.63) is 47.4 Å². The number of hydrogen-bond acceptors (Lipinski definition) is 5. The Balaban J connectivity index is 2.03. The number of hydrogen-bond donors (Lipinski definition) is 1. The van der Waals surface area contributed by atoms with E-state index in [1.54, 1.807) is 18.2 Å². The fourth-order valence-electron chi connectivity index (χ4n) is 2.06. The second-order valence-electron chi connectivity index (χ2n) is 5.16. The molecule has 1 aromatic carbocycles. The highest BCUT2D eigenvalue weighted by atomic mass is 19.1. The normalized spacial score (nSPS) is 11.5. The third kappa shape index (κ3) is 4.34. The molecule has 2 rings (SSSR count). The minimum absolute atomic E-state index is 0.0778. The molecule has 6 heteroatoms. The molecule has 0 aliphatic carbocycles. The Labute approximate surface area is 123 Å². The molecule has 1 N–H and O–H groups in total. The van der Waals surface area contributed by atoms with E-state index in [1.165, 1.54) is 6.07 Å². The van der Waals surface area contributed by atoms with E-state index < -0.39 is 0 Å². The highest BCUT2D eigenvalue weighted by Gasteiger charge is 2.15. The third-order valence-electron chi connectivity index (χ3n) is 3.27. The number of rotatable bonds is 7. The second kappa shape index (κ2) is 7.28. The van der Waals surface area contributed by atoms with Gasteiger partial charge in [0.2, 0.25) is 5.89 Å². The molecule has 114 valence electrons. The quantitative estimate of drug-likeness (QED) is 0.846. The first-order valence-electron chi connectivity index (χ1n) is 7.00. The van der Waals surface area contributed by atoms with Crippen molar-refractivity contribution < 1.29 is 14.0 Å². The average molecular weight is 293 g/mol. The number of benzene rings is 1. The van der Waals surface area contributed by atoms with E-state index in [2.05, 4.69) is 10.1 Å². The summed E-state index contributed by atoms with van der Waals surface area (Å²) in [5.74, 6) is 0.666. The summed E-state index contributed by atoms with van der Waals surface area (Å²) in [5, 5.41) is 12.9. The van der Waals surface area contributed by atoms with Crippen molar-refractivity contribution in [2.24, 2.45) is 0 Å². The fraction of sp³-hybridized carbons (Fsp3) is 0.467. The van der Waals surface area contributed by atoms with Crippen molar-refractivity contribution in [1.29, 1.82) is 0 Å². The zero-order valence-corrected chi connectivity index (χ0v) is 12.3. The van der Waals surface area contributed by atoms with Gasteiger partial charge in [0.1, 0.15) is 5.82 Å². The minimum atomic E-state index is -0.270. The van der Waals surface area contributed by atoms with Crippen molar-refractivity contribution >= 4 is 0 Å². The van der Waals surface area contributed by atoms with Gasteiger partial charge in [0.25, 0.3) is 0 Å². The van der Waals surface area contributed by atoms with Gasteiger partial charge in [0, 0.05) is 19.0 Å². The smallest absolute Gasteiger partial charge is 0.240 e. The second-order valence-corrected chi connectivity index (χ2v) is 5.16. The molecule has 21 heavy (non-hydrogen) atoms. The van der Waals surface area contributed by atoms with Crippen LogP contribution in [0.15, 0.2) is 28.8 Å². The summed E-state index contributed by atoms with van der Waals surface area (Å²) in [7, 11) is 0. The summed E-state index contributed by atoms with van der Waals surface area (Å²) < 4.78 is 18.8. The Hall–Kier alpha value is -1.79. The lowest BCUT2D eigenvalue weighted by molar-refractivity contribution is 0.144. The summed E-state index contributed by atoms with van der Waals surface area (Å²) in [6.45, 7) is 5.16. The molecule has 0 bridgehead atoms. The van der Waals surface area contributed by atoms with Gasteiger partial charge < -0.3 is 9.63 Å². The van der Waals surface area contributed by atoms with Crippen LogP contribution >= 0.6 is 0 Å². The Bertz CT molecular complexity index is 572. The number of aromatic nitrogens is 2. The van der Waals surface area contributed by atoms with Crippen LogP contribution in [0.25, 0.3) is 0 Å². The molecule has 1 aromatic heterocycles. The molecule has 0 aliphatic heterocycles. The van der Waals surface area contributed by atoms with Crippen LogP contribution in [0, 0.1) is 5.82 Å². The van der Waals surface area contributed by atoms with Crippen LogP contribution in [-0.2, 0) is 13.0 Å². The molecule has 0 amide bonds. The van der Waals surface area contributed by atoms with Crippen molar-refractivity contribution in [3.8, 4) is 0 Å². The van der Waals surface area contributed by atoms with E-state index >= 15 is 0 Å². The van der Waals surface area contributed by atoms with Crippen molar-refractivity contribution in [2.75, 3.05) is 13.2 Å². The largest absolute Gasteiger partial charge is 0.395 e. The number of halogens is 1. The predicted octanol–water partition coefficient (Wildman–Crippen LogP) is 2.00. The van der Waals surface area contributed by atoms with Crippen LogP contribution in [0.2, 0.25) is 0 Å². The van der Waals surface area contributed by atoms with Gasteiger partial charge in [-0.2, -0.15) is 4.98 Å². The Morgan fingerprint density at radius 2 is 2.10 bits per heavy atom. The topological polar surface area (TPSA) is 62.4 Å². The van der Waals surface area contributed by atoms with Gasteiger partial charge in [-0.1, -0.05) is 23.4 Å². The summed E-state index contributed by atoms with van der Waals surface area (Å²) >= 11 is 0. The van der Waals surface area contributed by atoms with Crippen LogP contribution in [0.1, 0.15) is 31.1 Å². The number of aliphatic hydroxyl groups excluding tert-OH is 1. The summed E-state index contributed by atoms with van der Waals surface area (Å²) in [4.78, 5) is 6.31. The first-order valence-corrected chi connectivity index (χ1v) is 7.00. The third-order valence-corrected chi connectivity index (χ3v) is 3.27. The van der Waals surface area contributed by atoms with Crippen molar-refractivity contribution in [1.82, 2.24) is 15.0 Å². The molecule has 0 atom stereocenters. The fourth-order valence-corrected chi connectivity index (χ4v) is 2.06. The minimum Gasteiger partial charge on any atom is -0.395 e. The molecule has 5 nitrogen and oxygen atoms in total. The number of aliphatic hydroxyl groups is 1. The van der Waals surface area contributed by atoms with Gasteiger partial charge in [-0.15, -0.1) is 0 Å². The summed E-state index contributed by atoms with van der Waals surface area (Å²) in [6, 6.07) is 6.81. The van der Waals surface area contributed by atoms with Crippen molar-refractivity contribution in [3.63, 3.8) is 0 Å². The van der Waals surface area contributed by atoms with E-state index in [4.69, 9.17) is 9.63 Å². The van der Waals surface area contributed by atoms with E-state index in [0.717, 1.165) is 0 Å². The van der Waals surface area contributed by atoms with Crippen molar-refractivity contribution in [2.45, 2.75) is 32.9 Å². The van der Waals surface area contributed by atoms with Gasteiger partial charge in [-0.25, -0.2) is 4.39 Å². The lowest BCUT2D eigenvalue weighted by Gasteiger charge is -2.23. The van der Waals surface area contributed by atoms with E-state index in [9.17, 15) is 4.39 Å². The maximum atomic E-state index is 13.6. The van der Waals surface area contributed by atoms with Gasteiger partial charge in [0.15, 0.2) is 5.82 Å². The molecular formula is C15H20FN3O2. The molecule has 0 spiro atoms. The van der Waals surface area contributed by atoms with Crippen LogP contribution in [0.4, 0.5) is 4.39 Å². The Kier molecular flexibility index (Phi) is 5.41. The van der Waals surface area contributed by atoms with Gasteiger partial charge >= 0.3 is 0 Å². The molecule has 2 aromatic rings. The summed E-state index contributed by atoms with van der Waals surface area (Å²) in [6.07, 6.45) is 0.303. The zero-order chi connectivity index (χ0) is 15.2. The number of nitrogens with zero attached hydrogens (tertiary/aromatic N) is 3. The van der Waals surface area contributed by atoms with Gasteiger partial charge in [-0.05, 0) is 25.5 Å². The molecular weight excluding hydrogens is 273 g/mol.